The molecule has 4 aliphatic carbocycles. The quantitative estimate of drug-likeness (QED) is 0.824. The molecule has 5 fully saturated rings. The topological polar surface area (TPSA) is 26.0 Å². The average Bonchev–Trinajstić information content (AvgIpc) is 2.37. The zero-order chi connectivity index (χ0) is 12.2. The third-order valence-electron chi connectivity index (χ3n) is 6.57. The van der Waals surface area contributed by atoms with Gasteiger partial charge in [0.25, 0.3) is 0 Å². The lowest BCUT2D eigenvalue weighted by molar-refractivity contribution is -0.0775. The van der Waals surface area contributed by atoms with E-state index in [9.17, 15) is 0 Å². The van der Waals surface area contributed by atoms with Crippen LogP contribution in [-0.2, 0) is 0 Å². The Balaban J connectivity index is 1.55. The molecular formula is C16H27NS. The van der Waals surface area contributed by atoms with Gasteiger partial charge in [-0.05, 0) is 92.0 Å². The maximum atomic E-state index is 6.84. The zero-order valence-corrected chi connectivity index (χ0v) is 12.3. The van der Waals surface area contributed by atoms with Crippen molar-refractivity contribution in [3.05, 3.63) is 0 Å². The van der Waals surface area contributed by atoms with Crippen LogP contribution >= 0.6 is 11.8 Å². The van der Waals surface area contributed by atoms with Gasteiger partial charge in [-0.15, -0.1) is 0 Å². The summed E-state index contributed by atoms with van der Waals surface area (Å²) in [4.78, 5) is 0. The summed E-state index contributed by atoms with van der Waals surface area (Å²) >= 11 is 2.14. The van der Waals surface area contributed by atoms with Gasteiger partial charge in [-0.1, -0.05) is 0 Å². The van der Waals surface area contributed by atoms with Crippen molar-refractivity contribution >= 4 is 11.8 Å². The third kappa shape index (κ3) is 1.86. The Labute approximate surface area is 116 Å². The predicted molar refractivity (Wildman–Crippen MR) is 78.6 cm³/mol. The fourth-order valence-corrected chi connectivity index (χ4v) is 7.30. The maximum Gasteiger partial charge on any atom is 0.0125 e. The molecule has 1 unspecified atom stereocenters. The molecule has 4 bridgehead atoms. The van der Waals surface area contributed by atoms with E-state index in [0.717, 1.165) is 23.7 Å². The Morgan fingerprint density at radius 2 is 1.39 bits per heavy atom. The Morgan fingerprint density at radius 3 is 1.89 bits per heavy atom. The fourth-order valence-electron chi connectivity index (χ4n) is 6.16. The van der Waals surface area contributed by atoms with Crippen LogP contribution in [0.2, 0.25) is 0 Å². The molecule has 2 heteroatoms. The normalized spacial score (nSPS) is 49.5. The van der Waals surface area contributed by atoms with Gasteiger partial charge < -0.3 is 5.73 Å². The summed E-state index contributed by atoms with van der Waals surface area (Å²) in [6, 6.07) is 0.534. The van der Waals surface area contributed by atoms with Gasteiger partial charge in [-0.3, -0.25) is 0 Å². The molecule has 0 aromatic rings. The van der Waals surface area contributed by atoms with Crippen molar-refractivity contribution in [3.8, 4) is 0 Å². The van der Waals surface area contributed by atoms with Crippen LogP contribution in [0.3, 0.4) is 0 Å². The van der Waals surface area contributed by atoms with E-state index in [1.54, 1.807) is 19.3 Å². The Kier molecular flexibility index (Phi) is 2.96. The predicted octanol–water partition coefficient (Wildman–Crippen LogP) is 3.67. The first-order valence-electron chi connectivity index (χ1n) is 8.08. The van der Waals surface area contributed by atoms with Crippen molar-refractivity contribution in [2.45, 2.75) is 57.4 Å². The second-order valence-electron chi connectivity index (χ2n) is 7.76. The molecule has 1 atom stereocenters. The van der Waals surface area contributed by atoms with Crippen molar-refractivity contribution in [2.75, 3.05) is 11.5 Å². The number of thioether (sulfide) groups is 1. The minimum absolute atomic E-state index is 0.534. The van der Waals surface area contributed by atoms with Crippen molar-refractivity contribution in [1.82, 2.24) is 0 Å². The lowest BCUT2D eigenvalue weighted by atomic mass is 9.46. The fraction of sp³-hybridized carbons (Fsp3) is 1.00. The standard InChI is InChI=1S/C16H27NS/c17-15(14-1-3-18-4-2-14)16-8-11-5-12(9-16)7-13(6-11)10-16/h11-15H,1-10,17H2. The van der Waals surface area contributed by atoms with E-state index < -0.39 is 0 Å². The molecule has 5 rings (SSSR count). The summed E-state index contributed by atoms with van der Waals surface area (Å²) in [7, 11) is 0. The number of rotatable bonds is 2. The molecule has 1 nitrogen and oxygen atoms in total. The van der Waals surface area contributed by atoms with Crippen molar-refractivity contribution in [3.63, 3.8) is 0 Å². The highest BCUT2D eigenvalue weighted by Crippen LogP contribution is 2.62. The molecule has 5 aliphatic rings. The second-order valence-corrected chi connectivity index (χ2v) is 8.98. The Bertz CT molecular complexity index is 286. The Hall–Kier alpha value is 0.310. The van der Waals surface area contributed by atoms with Crippen LogP contribution in [0.1, 0.15) is 51.4 Å². The molecule has 1 heterocycles. The van der Waals surface area contributed by atoms with E-state index in [0.29, 0.717) is 11.5 Å². The zero-order valence-electron chi connectivity index (χ0n) is 11.4. The molecule has 1 saturated heterocycles. The van der Waals surface area contributed by atoms with Crippen LogP contribution in [0.5, 0.6) is 0 Å². The van der Waals surface area contributed by atoms with Gasteiger partial charge in [0.15, 0.2) is 0 Å². The van der Waals surface area contributed by atoms with Gasteiger partial charge in [-0.2, -0.15) is 11.8 Å². The van der Waals surface area contributed by atoms with Crippen molar-refractivity contribution in [2.24, 2.45) is 34.8 Å². The molecule has 18 heavy (non-hydrogen) atoms. The molecule has 0 aromatic heterocycles. The van der Waals surface area contributed by atoms with Crippen LogP contribution in [0.4, 0.5) is 0 Å². The lowest BCUT2D eigenvalue weighted by Crippen LogP contribution is -2.57. The monoisotopic (exact) mass is 265 g/mol. The van der Waals surface area contributed by atoms with Crippen molar-refractivity contribution < 1.29 is 0 Å². The summed E-state index contributed by atoms with van der Waals surface area (Å²) in [6.45, 7) is 0. The highest BCUT2D eigenvalue weighted by molar-refractivity contribution is 7.99. The SMILES string of the molecule is NC(C1CCSCC1)C12CC3CC(CC(C3)C1)C2. The maximum absolute atomic E-state index is 6.84. The molecule has 0 radical (unpaired) electrons. The summed E-state index contributed by atoms with van der Waals surface area (Å²) in [5.74, 6) is 6.75. The van der Waals surface area contributed by atoms with Crippen LogP contribution in [-0.4, -0.2) is 17.5 Å². The van der Waals surface area contributed by atoms with Gasteiger partial charge >= 0.3 is 0 Å². The summed E-state index contributed by atoms with van der Waals surface area (Å²) in [5.41, 5.74) is 7.42. The first kappa shape index (κ1) is 12.1. The van der Waals surface area contributed by atoms with E-state index in [1.165, 1.54) is 43.6 Å². The molecule has 2 N–H and O–H groups in total. The van der Waals surface area contributed by atoms with Gasteiger partial charge in [-0.25, -0.2) is 0 Å². The van der Waals surface area contributed by atoms with Gasteiger partial charge in [0.2, 0.25) is 0 Å². The molecule has 0 spiro atoms. The molecular weight excluding hydrogens is 238 g/mol. The molecule has 102 valence electrons. The van der Waals surface area contributed by atoms with Crippen LogP contribution in [0, 0.1) is 29.1 Å². The second kappa shape index (κ2) is 4.41. The number of hydrogen-bond acceptors (Lipinski definition) is 2. The molecule has 4 saturated carbocycles. The smallest absolute Gasteiger partial charge is 0.0125 e. The summed E-state index contributed by atoms with van der Waals surface area (Å²) < 4.78 is 0. The first-order valence-corrected chi connectivity index (χ1v) is 9.24. The minimum Gasteiger partial charge on any atom is -0.327 e. The molecule has 0 aromatic carbocycles. The summed E-state index contributed by atoms with van der Waals surface area (Å²) in [5, 5.41) is 0. The van der Waals surface area contributed by atoms with E-state index in [2.05, 4.69) is 11.8 Å². The minimum atomic E-state index is 0.534. The largest absolute Gasteiger partial charge is 0.327 e. The lowest BCUT2D eigenvalue weighted by Gasteiger charge is -2.60. The van der Waals surface area contributed by atoms with Crippen molar-refractivity contribution in [1.29, 1.82) is 0 Å². The van der Waals surface area contributed by atoms with Crippen LogP contribution in [0.25, 0.3) is 0 Å². The third-order valence-corrected chi connectivity index (χ3v) is 7.62. The summed E-state index contributed by atoms with van der Waals surface area (Å²) in [6.07, 6.45) is 11.9. The average molecular weight is 265 g/mol. The first-order chi connectivity index (χ1) is 8.75. The number of hydrogen-bond donors (Lipinski definition) is 1. The Morgan fingerprint density at radius 1 is 0.889 bits per heavy atom. The highest BCUT2D eigenvalue weighted by Gasteiger charge is 2.54. The van der Waals surface area contributed by atoms with E-state index in [1.807, 2.05) is 0 Å². The van der Waals surface area contributed by atoms with Crippen LogP contribution < -0.4 is 5.73 Å². The van der Waals surface area contributed by atoms with E-state index >= 15 is 0 Å². The molecule has 1 aliphatic heterocycles. The van der Waals surface area contributed by atoms with E-state index in [-0.39, 0.29) is 0 Å². The molecule has 0 amide bonds. The number of nitrogens with two attached hydrogens (primary N) is 1. The van der Waals surface area contributed by atoms with Crippen LogP contribution in [0.15, 0.2) is 0 Å². The van der Waals surface area contributed by atoms with E-state index in [4.69, 9.17) is 5.73 Å². The van der Waals surface area contributed by atoms with Gasteiger partial charge in [0, 0.05) is 6.04 Å². The highest BCUT2D eigenvalue weighted by atomic mass is 32.2. The van der Waals surface area contributed by atoms with Gasteiger partial charge in [0.1, 0.15) is 0 Å². The van der Waals surface area contributed by atoms with Gasteiger partial charge in [0.05, 0.1) is 0 Å².